The zero-order valence-electron chi connectivity index (χ0n) is 10.4. The van der Waals surface area contributed by atoms with Crippen molar-refractivity contribution in [3.05, 3.63) is 40.9 Å². The monoisotopic (exact) mass is 247 g/mol. The minimum absolute atomic E-state index is 0.809. The first-order valence-corrected chi connectivity index (χ1v) is 6.62. The largest absolute Gasteiger partial charge is 0.385 e. The molecule has 17 heavy (non-hydrogen) atoms. The van der Waals surface area contributed by atoms with Gasteiger partial charge in [-0.3, -0.25) is 0 Å². The molecule has 0 bridgehead atoms. The lowest BCUT2D eigenvalue weighted by atomic mass is 10.1. The molecular formula is C14H17NOS. The van der Waals surface area contributed by atoms with E-state index in [-0.39, 0.29) is 0 Å². The minimum atomic E-state index is -0.809. The molecule has 0 radical (unpaired) electrons. The predicted octanol–water partition coefficient (Wildman–Crippen LogP) is 3.60. The molecule has 0 aliphatic heterocycles. The average Bonchev–Trinajstić information content (AvgIpc) is 2.74. The highest BCUT2D eigenvalue weighted by molar-refractivity contribution is 7.15. The lowest BCUT2D eigenvalue weighted by Gasteiger charge is -2.15. The van der Waals surface area contributed by atoms with Crippen molar-refractivity contribution in [3.63, 3.8) is 0 Å². The van der Waals surface area contributed by atoms with Crippen molar-refractivity contribution in [1.82, 2.24) is 4.98 Å². The lowest BCUT2D eigenvalue weighted by Crippen LogP contribution is -2.15. The molecule has 2 aromatic rings. The Kier molecular flexibility index (Phi) is 3.31. The second kappa shape index (κ2) is 4.59. The van der Waals surface area contributed by atoms with Crippen molar-refractivity contribution in [3.8, 4) is 10.6 Å². The first kappa shape index (κ1) is 12.3. The highest BCUT2D eigenvalue weighted by Gasteiger charge is 2.24. The van der Waals surface area contributed by atoms with Crippen LogP contribution in [0, 0.1) is 0 Å². The van der Waals surface area contributed by atoms with Gasteiger partial charge >= 0.3 is 0 Å². The van der Waals surface area contributed by atoms with E-state index in [0.717, 1.165) is 27.6 Å². The second-order valence-electron chi connectivity index (χ2n) is 4.57. The van der Waals surface area contributed by atoms with Crippen LogP contribution in [0.1, 0.15) is 31.3 Å². The van der Waals surface area contributed by atoms with E-state index in [1.807, 2.05) is 44.2 Å². The molecule has 0 aliphatic carbocycles. The number of benzene rings is 1. The van der Waals surface area contributed by atoms with Gasteiger partial charge in [0, 0.05) is 5.56 Å². The molecule has 0 amide bonds. The molecule has 0 unspecified atom stereocenters. The smallest absolute Gasteiger partial charge is 0.123 e. The normalized spacial score (nSPS) is 11.8. The van der Waals surface area contributed by atoms with Crippen LogP contribution in [0.5, 0.6) is 0 Å². The van der Waals surface area contributed by atoms with E-state index in [9.17, 15) is 5.11 Å². The highest BCUT2D eigenvalue weighted by Crippen LogP contribution is 2.34. The van der Waals surface area contributed by atoms with Gasteiger partial charge < -0.3 is 5.11 Å². The zero-order chi connectivity index (χ0) is 12.5. The molecule has 90 valence electrons. The Bertz CT molecular complexity index is 497. The molecule has 0 atom stereocenters. The van der Waals surface area contributed by atoms with Crippen molar-refractivity contribution < 1.29 is 5.11 Å². The van der Waals surface area contributed by atoms with Crippen molar-refractivity contribution in [2.75, 3.05) is 0 Å². The summed E-state index contributed by atoms with van der Waals surface area (Å²) in [5.41, 5.74) is 1.31. The van der Waals surface area contributed by atoms with Gasteiger partial charge in [0.05, 0.1) is 16.2 Å². The summed E-state index contributed by atoms with van der Waals surface area (Å²) >= 11 is 1.58. The Hall–Kier alpha value is -1.19. The van der Waals surface area contributed by atoms with E-state index in [0.29, 0.717) is 0 Å². The fraction of sp³-hybridized carbons (Fsp3) is 0.357. The molecule has 2 rings (SSSR count). The molecule has 1 aromatic heterocycles. The maximum atomic E-state index is 10.1. The summed E-state index contributed by atoms with van der Waals surface area (Å²) in [6, 6.07) is 10.1. The fourth-order valence-corrected chi connectivity index (χ4v) is 2.93. The molecule has 3 heteroatoms. The van der Waals surface area contributed by atoms with Crippen LogP contribution in [0.2, 0.25) is 0 Å². The topological polar surface area (TPSA) is 33.1 Å². The van der Waals surface area contributed by atoms with Gasteiger partial charge in [0.25, 0.3) is 0 Å². The summed E-state index contributed by atoms with van der Waals surface area (Å²) in [5.74, 6) is 0. The van der Waals surface area contributed by atoms with Gasteiger partial charge in [-0.1, -0.05) is 37.3 Å². The third-order valence-corrected chi connectivity index (χ3v) is 4.07. The fourth-order valence-electron chi connectivity index (χ4n) is 1.77. The Morgan fingerprint density at radius 3 is 2.35 bits per heavy atom. The van der Waals surface area contributed by atoms with Gasteiger partial charge in [0.2, 0.25) is 0 Å². The van der Waals surface area contributed by atoms with E-state index in [2.05, 4.69) is 11.9 Å². The lowest BCUT2D eigenvalue weighted by molar-refractivity contribution is 0.0814. The van der Waals surface area contributed by atoms with Crippen molar-refractivity contribution in [2.24, 2.45) is 0 Å². The maximum Gasteiger partial charge on any atom is 0.123 e. The molecule has 1 aromatic carbocycles. The molecule has 1 heterocycles. The molecule has 1 N–H and O–H groups in total. The summed E-state index contributed by atoms with van der Waals surface area (Å²) in [4.78, 5) is 5.60. The Balaban J connectivity index is 2.49. The van der Waals surface area contributed by atoms with Crippen LogP contribution in [0.3, 0.4) is 0 Å². The van der Waals surface area contributed by atoms with Gasteiger partial charge in [-0.15, -0.1) is 11.3 Å². The third-order valence-electron chi connectivity index (χ3n) is 2.61. The van der Waals surface area contributed by atoms with Crippen LogP contribution in [-0.2, 0) is 12.0 Å². The molecule has 0 fully saturated rings. The van der Waals surface area contributed by atoms with Gasteiger partial charge in [-0.2, -0.15) is 0 Å². The molecular weight excluding hydrogens is 230 g/mol. The van der Waals surface area contributed by atoms with E-state index in [1.54, 1.807) is 11.3 Å². The number of thiazole rings is 1. The number of aromatic nitrogens is 1. The van der Waals surface area contributed by atoms with Gasteiger partial charge in [0.1, 0.15) is 5.01 Å². The number of hydrogen-bond donors (Lipinski definition) is 1. The van der Waals surface area contributed by atoms with Crippen molar-refractivity contribution in [2.45, 2.75) is 32.8 Å². The quantitative estimate of drug-likeness (QED) is 0.899. The molecule has 2 nitrogen and oxygen atoms in total. The maximum absolute atomic E-state index is 10.1. The van der Waals surface area contributed by atoms with Crippen LogP contribution in [-0.4, -0.2) is 10.1 Å². The Labute approximate surface area is 106 Å². The summed E-state index contributed by atoms with van der Waals surface area (Å²) < 4.78 is 0. The first-order chi connectivity index (χ1) is 8.02. The molecule has 0 aliphatic rings. The Morgan fingerprint density at radius 2 is 1.88 bits per heavy atom. The molecule has 0 saturated carbocycles. The van der Waals surface area contributed by atoms with E-state index in [1.165, 1.54) is 0 Å². The van der Waals surface area contributed by atoms with E-state index >= 15 is 0 Å². The average molecular weight is 247 g/mol. The van der Waals surface area contributed by atoms with Crippen LogP contribution in [0.4, 0.5) is 0 Å². The summed E-state index contributed by atoms with van der Waals surface area (Å²) in [6.07, 6.45) is 0.850. The number of hydrogen-bond acceptors (Lipinski definition) is 3. The second-order valence-corrected chi connectivity index (χ2v) is 5.57. The minimum Gasteiger partial charge on any atom is -0.385 e. The first-order valence-electron chi connectivity index (χ1n) is 5.80. The standard InChI is InChI=1S/C14H17NOS/c1-4-11-12(14(2,3)16)17-13(15-11)10-8-6-5-7-9-10/h5-9,16H,4H2,1-3H3. The van der Waals surface area contributed by atoms with Crippen LogP contribution < -0.4 is 0 Å². The number of rotatable bonds is 3. The number of nitrogens with zero attached hydrogens (tertiary/aromatic N) is 1. The van der Waals surface area contributed by atoms with Gasteiger partial charge in [-0.25, -0.2) is 4.98 Å². The third kappa shape index (κ3) is 2.56. The molecule has 0 spiro atoms. The van der Waals surface area contributed by atoms with Crippen molar-refractivity contribution in [1.29, 1.82) is 0 Å². The summed E-state index contributed by atoms with van der Waals surface area (Å²) in [7, 11) is 0. The number of aliphatic hydroxyl groups is 1. The van der Waals surface area contributed by atoms with Crippen LogP contribution in [0.25, 0.3) is 10.6 Å². The van der Waals surface area contributed by atoms with Gasteiger partial charge in [0.15, 0.2) is 0 Å². The summed E-state index contributed by atoms with van der Waals surface area (Å²) in [5, 5.41) is 11.1. The Morgan fingerprint density at radius 1 is 1.24 bits per heavy atom. The van der Waals surface area contributed by atoms with E-state index in [4.69, 9.17) is 0 Å². The zero-order valence-corrected chi connectivity index (χ0v) is 11.2. The predicted molar refractivity (Wildman–Crippen MR) is 72.2 cm³/mol. The SMILES string of the molecule is CCc1nc(-c2ccccc2)sc1C(C)(C)O. The highest BCUT2D eigenvalue weighted by atomic mass is 32.1. The summed E-state index contributed by atoms with van der Waals surface area (Å²) in [6.45, 7) is 5.70. The van der Waals surface area contributed by atoms with Gasteiger partial charge in [-0.05, 0) is 20.3 Å². The number of aryl methyl sites for hydroxylation is 1. The van der Waals surface area contributed by atoms with Crippen LogP contribution >= 0.6 is 11.3 Å². The van der Waals surface area contributed by atoms with Crippen molar-refractivity contribution >= 4 is 11.3 Å². The van der Waals surface area contributed by atoms with E-state index < -0.39 is 5.60 Å². The van der Waals surface area contributed by atoms with Crippen LogP contribution in [0.15, 0.2) is 30.3 Å². The molecule has 0 saturated heterocycles.